The molecule has 2 aromatic rings. The standard InChI is InChI=1S/C14H19N3OS/c1-4-17-14(18)11(9-15-10(2)3)8-12(16-17)13-6-5-7-19-13/h5-8,10,15H,4,9H2,1-3H3. The first-order valence-corrected chi connectivity index (χ1v) is 7.38. The van der Waals surface area contributed by atoms with E-state index in [1.165, 1.54) is 4.68 Å². The second-order valence-corrected chi connectivity index (χ2v) is 5.64. The molecule has 0 spiro atoms. The minimum Gasteiger partial charge on any atom is -0.310 e. The van der Waals surface area contributed by atoms with E-state index < -0.39 is 0 Å². The summed E-state index contributed by atoms with van der Waals surface area (Å²) in [6.45, 7) is 7.25. The smallest absolute Gasteiger partial charge is 0.271 e. The Hall–Kier alpha value is -1.46. The van der Waals surface area contributed by atoms with Gasteiger partial charge in [0, 0.05) is 24.7 Å². The molecule has 0 aliphatic carbocycles. The molecule has 0 fully saturated rings. The van der Waals surface area contributed by atoms with Crippen LogP contribution in [-0.2, 0) is 13.1 Å². The van der Waals surface area contributed by atoms with Crippen LogP contribution in [0.2, 0.25) is 0 Å². The molecule has 19 heavy (non-hydrogen) atoms. The topological polar surface area (TPSA) is 46.9 Å². The highest BCUT2D eigenvalue weighted by Gasteiger charge is 2.10. The quantitative estimate of drug-likeness (QED) is 0.913. The van der Waals surface area contributed by atoms with Crippen LogP contribution in [0.1, 0.15) is 26.3 Å². The van der Waals surface area contributed by atoms with Crippen LogP contribution in [0, 0.1) is 0 Å². The molecular weight excluding hydrogens is 258 g/mol. The molecule has 0 amide bonds. The summed E-state index contributed by atoms with van der Waals surface area (Å²) in [6.07, 6.45) is 0. The molecule has 0 aliphatic heterocycles. The molecule has 5 heteroatoms. The largest absolute Gasteiger partial charge is 0.310 e. The molecule has 2 aromatic heterocycles. The molecule has 0 bridgehead atoms. The third-order valence-corrected chi connectivity index (χ3v) is 3.71. The van der Waals surface area contributed by atoms with Crippen molar-refractivity contribution < 1.29 is 0 Å². The van der Waals surface area contributed by atoms with Crippen molar-refractivity contribution in [3.05, 3.63) is 39.5 Å². The number of aromatic nitrogens is 2. The Labute approximate surface area is 117 Å². The van der Waals surface area contributed by atoms with Gasteiger partial charge in [-0.3, -0.25) is 4.79 Å². The SMILES string of the molecule is CCn1nc(-c2cccs2)cc(CNC(C)C)c1=O. The zero-order chi connectivity index (χ0) is 13.8. The first-order valence-electron chi connectivity index (χ1n) is 6.50. The fraction of sp³-hybridized carbons (Fsp3) is 0.429. The van der Waals surface area contributed by atoms with Gasteiger partial charge in [-0.2, -0.15) is 5.10 Å². The predicted molar refractivity (Wildman–Crippen MR) is 79.5 cm³/mol. The monoisotopic (exact) mass is 277 g/mol. The Bertz CT molecular complexity index is 587. The lowest BCUT2D eigenvalue weighted by atomic mass is 10.2. The first kappa shape index (κ1) is 14.0. The summed E-state index contributed by atoms with van der Waals surface area (Å²) in [6, 6.07) is 6.27. The lowest BCUT2D eigenvalue weighted by molar-refractivity contribution is 0.564. The van der Waals surface area contributed by atoms with Crippen LogP contribution in [0.4, 0.5) is 0 Å². The molecule has 1 N–H and O–H groups in total. The summed E-state index contributed by atoms with van der Waals surface area (Å²) in [7, 11) is 0. The van der Waals surface area contributed by atoms with Crippen LogP contribution in [0.5, 0.6) is 0 Å². The lowest BCUT2D eigenvalue weighted by Gasteiger charge is -2.11. The average molecular weight is 277 g/mol. The van der Waals surface area contributed by atoms with Gasteiger partial charge in [-0.1, -0.05) is 19.9 Å². The zero-order valence-corrected chi connectivity index (χ0v) is 12.3. The van der Waals surface area contributed by atoms with E-state index in [0.717, 1.165) is 16.1 Å². The first-order chi connectivity index (χ1) is 9.11. The third kappa shape index (κ3) is 3.30. The Morgan fingerprint density at radius 1 is 1.47 bits per heavy atom. The van der Waals surface area contributed by atoms with Gasteiger partial charge in [0.15, 0.2) is 0 Å². The Balaban J connectivity index is 2.41. The van der Waals surface area contributed by atoms with E-state index in [4.69, 9.17) is 0 Å². The summed E-state index contributed by atoms with van der Waals surface area (Å²) in [5, 5.41) is 9.71. The van der Waals surface area contributed by atoms with Crippen LogP contribution in [0.25, 0.3) is 10.6 Å². The Morgan fingerprint density at radius 2 is 2.26 bits per heavy atom. The second-order valence-electron chi connectivity index (χ2n) is 4.69. The van der Waals surface area contributed by atoms with Crippen molar-refractivity contribution in [3.8, 4) is 10.6 Å². The molecule has 4 nitrogen and oxygen atoms in total. The summed E-state index contributed by atoms with van der Waals surface area (Å²) in [4.78, 5) is 13.3. The van der Waals surface area contributed by atoms with E-state index in [-0.39, 0.29) is 5.56 Å². The van der Waals surface area contributed by atoms with Gasteiger partial charge < -0.3 is 5.32 Å². The van der Waals surface area contributed by atoms with Gasteiger partial charge in [-0.05, 0) is 24.4 Å². The molecule has 0 aliphatic rings. The van der Waals surface area contributed by atoms with Gasteiger partial charge >= 0.3 is 0 Å². The maximum Gasteiger partial charge on any atom is 0.271 e. The molecule has 0 saturated carbocycles. The maximum absolute atomic E-state index is 12.2. The van der Waals surface area contributed by atoms with Crippen molar-refractivity contribution in [2.24, 2.45) is 0 Å². The van der Waals surface area contributed by atoms with Crippen LogP contribution >= 0.6 is 11.3 Å². The van der Waals surface area contributed by atoms with E-state index >= 15 is 0 Å². The molecule has 0 unspecified atom stereocenters. The van der Waals surface area contributed by atoms with Crippen molar-refractivity contribution in [3.63, 3.8) is 0 Å². The highest BCUT2D eigenvalue weighted by Crippen LogP contribution is 2.22. The predicted octanol–water partition coefficient (Wildman–Crippen LogP) is 2.49. The van der Waals surface area contributed by atoms with Crippen molar-refractivity contribution in [2.45, 2.75) is 39.9 Å². The molecule has 0 radical (unpaired) electrons. The fourth-order valence-corrected chi connectivity index (χ4v) is 2.48. The zero-order valence-electron chi connectivity index (χ0n) is 11.5. The van der Waals surface area contributed by atoms with Crippen molar-refractivity contribution in [1.82, 2.24) is 15.1 Å². The van der Waals surface area contributed by atoms with Crippen molar-refractivity contribution in [1.29, 1.82) is 0 Å². The van der Waals surface area contributed by atoms with E-state index in [2.05, 4.69) is 24.3 Å². The van der Waals surface area contributed by atoms with Gasteiger partial charge in [0.2, 0.25) is 0 Å². The van der Waals surface area contributed by atoms with Crippen LogP contribution in [0.3, 0.4) is 0 Å². The number of hydrogen-bond donors (Lipinski definition) is 1. The average Bonchev–Trinajstić information content (AvgIpc) is 2.91. The second kappa shape index (κ2) is 6.12. The van der Waals surface area contributed by atoms with Gasteiger partial charge in [0.1, 0.15) is 5.69 Å². The van der Waals surface area contributed by atoms with E-state index in [9.17, 15) is 4.79 Å². The molecule has 2 rings (SSSR count). The van der Waals surface area contributed by atoms with E-state index in [0.29, 0.717) is 19.1 Å². The minimum atomic E-state index is -0.00374. The van der Waals surface area contributed by atoms with E-state index in [1.54, 1.807) is 11.3 Å². The summed E-state index contributed by atoms with van der Waals surface area (Å²) < 4.78 is 1.53. The van der Waals surface area contributed by atoms with Crippen molar-refractivity contribution >= 4 is 11.3 Å². The number of hydrogen-bond acceptors (Lipinski definition) is 4. The Kier molecular flexibility index (Phi) is 4.50. The number of nitrogens with zero attached hydrogens (tertiary/aromatic N) is 2. The molecule has 102 valence electrons. The van der Waals surface area contributed by atoms with Crippen LogP contribution < -0.4 is 10.9 Å². The normalized spacial score (nSPS) is 11.2. The van der Waals surface area contributed by atoms with Gasteiger partial charge in [-0.25, -0.2) is 4.68 Å². The molecule has 0 saturated heterocycles. The molecule has 2 heterocycles. The maximum atomic E-state index is 12.2. The number of thiophene rings is 1. The highest BCUT2D eigenvalue weighted by atomic mass is 32.1. The summed E-state index contributed by atoms with van der Waals surface area (Å²) in [5.74, 6) is 0. The van der Waals surface area contributed by atoms with E-state index in [1.807, 2.05) is 30.5 Å². The van der Waals surface area contributed by atoms with Crippen LogP contribution in [0.15, 0.2) is 28.4 Å². The number of rotatable bonds is 5. The third-order valence-electron chi connectivity index (χ3n) is 2.82. The fourth-order valence-electron chi connectivity index (χ4n) is 1.80. The van der Waals surface area contributed by atoms with Gasteiger partial charge in [0.25, 0.3) is 5.56 Å². The molecule has 0 atom stereocenters. The summed E-state index contributed by atoms with van der Waals surface area (Å²) >= 11 is 1.64. The van der Waals surface area contributed by atoms with Crippen LogP contribution in [-0.4, -0.2) is 15.8 Å². The summed E-state index contributed by atoms with van der Waals surface area (Å²) in [5.41, 5.74) is 1.64. The molecular formula is C14H19N3OS. The number of aryl methyl sites for hydroxylation is 1. The number of nitrogens with one attached hydrogen (secondary N) is 1. The van der Waals surface area contributed by atoms with Gasteiger partial charge in [-0.15, -0.1) is 11.3 Å². The van der Waals surface area contributed by atoms with Gasteiger partial charge in [0.05, 0.1) is 4.88 Å². The Morgan fingerprint density at radius 3 is 2.84 bits per heavy atom. The molecule has 0 aromatic carbocycles. The highest BCUT2D eigenvalue weighted by molar-refractivity contribution is 7.13. The lowest BCUT2D eigenvalue weighted by Crippen LogP contribution is -2.31. The van der Waals surface area contributed by atoms with Crippen molar-refractivity contribution in [2.75, 3.05) is 0 Å². The minimum absolute atomic E-state index is 0.00374.